The average molecular weight is 1490 g/mol. The van der Waals surface area contributed by atoms with Gasteiger partial charge in [0.1, 0.15) is 22.3 Å². The Bertz CT molecular complexity index is 7010. The van der Waals surface area contributed by atoms with E-state index in [0.29, 0.717) is 34.9 Å². The summed E-state index contributed by atoms with van der Waals surface area (Å²) in [5.74, 6) is 3.70. The van der Waals surface area contributed by atoms with Crippen LogP contribution in [0.4, 0.5) is 0 Å². The molecular weight excluding hydrogens is 1410 g/mol. The monoisotopic (exact) mass is 1490 g/mol. The van der Waals surface area contributed by atoms with Crippen molar-refractivity contribution in [2.24, 2.45) is 0 Å². The molecule has 0 aliphatic heterocycles. The van der Waals surface area contributed by atoms with E-state index in [2.05, 4.69) is 297 Å². The molecule has 23 rings (SSSR count). The molecule has 0 bridgehead atoms. The molecule has 2 saturated carbocycles. The van der Waals surface area contributed by atoms with Gasteiger partial charge in [-0.05, 0) is 186 Å². The van der Waals surface area contributed by atoms with Crippen molar-refractivity contribution in [3.05, 3.63) is 374 Å². The normalized spacial score (nSPS) is 14.2. The number of hydrogen-bond acceptors (Lipinski definition) is 8. The number of furan rings is 2. The number of hydrogen-bond donors (Lipinski definition) is 0. The van der Waals surface area contributed by atoms with Crippen LogP contribution in [0.3, 0.4) is 0 Å². The fraction of sp³-hybridized carbons (Fsp3) is 0.111. The lowest BCUT2D eigenvalue weighted by atomic mass is 9.67. The summed E-state index contributed by atoms with van der Waals surface area (Å²) in [6.07, 6.45) is 12.7. The molecule has 116 heavy (non-hydrogen) atoms. The van der Waals surface area contributed by atoms with Crippen LogP contribution in [-0.2, 0) is 10.8 Å². The first kappa shape index (κ1) is 68.7. The van der Waals surface area contributed by atoms with E-state index < -0.39 is 0 Å². The van der Waals surface area contributed by atoms with Crippen LogP contribution in [0.1, 0.15) is 86.5 Å². The van der Waals surface area contributed by atoms with Gasteiger partial charge in [0.15, 0.2) is 34.9 Å². The number of aromatic nitrogens is 6. The molecule has 0 unspecified atom stereocenters. The van der Waals surface area contributed by atoms with Crippen molar-refractivity contribution in [2.45, 2.75) is 75.0 Å². The van der Waals surface area contributed by atoms with Gasteiger partial charge < -0.3 is 8.83 Å². The van der Waals surface area contributed by atoms with Gasteiger partial charge in [0, 0.05) is 65.8 Å². The van der Waals surface area contributed by atoms with Gasteiger partial charge in [-0.3, -0.25) is 0 Å². The highest BCUT2D eigenvalue weighted by Crippen LogP contribution is 2.58. The summed E-state index contributed by atoms with van der Waals surface area (Å²) in [6, 6.07) is 125. The van der Waals surface area contributed by atoms with Crippen LogP contribution in [0.2, 0.25) is 0 Å². The van der Waals surface area contributed by atoms with E-state index in [1.165, 1.54) is 137 Å². The van der Waals surface area contributed by atoms with Crippen LogP contribution >= 0.6 is 0 Å². The second-order valence-electron chi connectivity index (χ2n) is 31.8. The summed E-state index contributed by atoms with van der Waals surface area (Å²) in [4.78, 5) is 30.7. The Balaban J connectivity index is 0.000000141. The van der Waals surface area contributed by atoms with Gasteiger partial charge in [-0.25, -0.2) is 29.9 Å². The van der Waals surface area contributed by atoms with Crippen LogP contribution in [0.5, 0.6) is 0 Å². The smallest absolute Gasteiger partial charge is 0.164 e. The van der Waals surface area contributed by atoms with Crippen LogP contribution in [0.15, 0.2) is 361 Å². The van der Waals surface area contributed by atoms with Crippen molar-refractivity contribution in [3.63, 3.8) is 0 Å². The second kappa shape index (κ2) is 28.5. The van der Waals surface area contributed by atoms with Crippen molar-refractivity contribution in [3.8, 4) is 146 Å². The van der Waals surface area contributed by atoms with Crippen LogP contribution in [0.25, 0.3) is 190 Å². The fourth-order valence-corrected chi connectivity index (χ4v) is 19.3. The molecule has 4 aromatic heterocycles. The quantitative estimate of drug-likeness (QED) is 0.126. The van der Waals surface area contributed by atoms with Crippen LogP contribution < -0.4 is 0 Å². The molecule has 4 aliphatic rings. The summed E-state index contributed by atoms with van der Waals surface area (Å²) < 4.78 is 12.6. The van der Waals surface area contributed by atoms with Crippen molar-refractivity contribution in [2.75, 3.05) is 0 Å². The Labute approximate surface area is 673 Å². The Kier molecular flexibility index (Phi) is 16.9. The van der Waals surface area contributed by atoms with Gasteiger partial charge in [0.2, 0.25) is 0 Å². The first-order valence-corrected chi connectivity index (χ1v) is 40.9. The van der Waals surface area contributed by atoms with Gasteiger partial charge in [-0.1, -0.05) is 330 Å². The number of benzene rings is 15. The minimum atomic E-state index is 0.104. The Hall–Kier alpha value is -14.1. The maximum absolute atomic E-state index is 6.29. The number of nitrogens with zero attached hydrogens (tertiary/aromatic N) is 6. The lowest BCUT2D eigenvalue weighted by Crippen LogP contribution is -2.28. The zero-order valence-electron chi connectivity index (χ0n) is 64.1. The van der Waals surface area contributed by atoms with Gasteiger partial charge in [0.25, 0.3) is 0 Å². The highest BCUT2D eigenvalue weighted by atomic mass is 16.3. The fourth-order valence-electron chi connectivity index (χ4n) is 19.3. The third-order valence-electron chi connectivity index (χ3n) is 25.1. The maximum atomic E-state index is 6.29. The zero-order chi connectivity index (χ0) is 76.7. The lowest BCUT2D eigenvalue weighted by Gasteiger charge is -2.36. The Morgan fingerprint density at radius 2 is 0.440 bits per heavy atom. The molecule has 4 heterocycles. The zero-order valence-corrected chi connectivity index (χ0v) is 64.1. The van der Waals surface area contributed by atoms with Crippen molar-refractivity contribution < 1.29 is 8.83 Å². The molecule has 0 radical (unpaired) electrons. The molecule has 0 amide bonds. The molecule has 0 atom stereocenters. The summed E-state index contributed by atoms with van der Waals surface area (Å²) in [7, 11) is 0. The van der Waals surface area contributed by atoms with E-state index in [-0.39, 0.29) is 10.8 Å². The number of rotatable bonds is 11. The van der Waals surface area contributed by atoms with E-state index in [4.69, 9.17) is 38.7 Å². The molecule has 2 spiro atoms. The number of fused-ring (bicyclic) bond motifs is 16. The summed E-state index contributed by atoms with van der Waals surface area (Å²) in [5.41, 5.74) is 32.6. The van der Waals surface area contributed by atoms with Crippen LogP contribution in [-0.4, -0.2) is 29.9 Å². The molecule has 2 fully saturated rings. The van der Waals surface area contributed by atoms with Crippen molar-refractivity contribution in [1.82, 2.24) is 29.9 Å². The Morgan fingerprint density at radius 3 is 0.871 bits per heavy atom. The van der Waals surface area contributed by atoms with Gasteiger partial charge in [0.05, 0.1) is 0 Å². The van der Waals surface area contributed by atoms with Gasteiger partial charge >= 0.3 is 0 Å². The molecule has 552 valence electrons. The third kappa shape index (κ3) is 12.1. The maximum Gasteiger partial charge on any atom is 0.164 e. The minimum Gasteiger partial charge on any atom is -0.456 e. The van der Waals surface area contributed by atoms with E-state index in [1.54, 1.807) is 0 Å². The number of para-hydroxylation sites is 2. The van der Waals surface area contributed by atoms with Crippen LogP contribution in [0, 0.1) is 0 Å². The molecular formula is C108H78N6O2. The SMILES string of the molecule is c1ccc(-c2ccc(-c3nc(-c4cccc(-c5ccc6c(c5)C5(CCCCC5)c5ccccc5-6)c4)nc(-c4ccc5c(c4)oc4ccccc45)n3)cc2)cc1.c1ccc(-c2cccc(-c3nc(-c4ccc(-c5ccc(-c6ccc7c(c6)C6(CCCCC6)c6ccccc6-7)cc5)cc4)nc(-c4ccc5c(c4)oc4ccccc45)n3)c2)cc1. The molecule has 8 heteroatoms. The lowest BCUT2D eigenvalue weighted by molar-refractivity contribution is 0.353. The average Bonchev–Trinajstić information content (AvgIpc) is 1.53. The summed E-state index contributed by atoms with van der Waals surface area (Å²) in [6.45, 7) is 0. The molecule has 8 nitrogen and oxygen atoms in total. The standard InChI is InChI=1S/C57H41N3O.C51H37N3O/c1-3-12-37(13-4-1)42-14-11-15-44(34-42)55-58-54(59-56(60-55)45-29-31-49-48-17-6-8-19-52(48)61-53(49)36-45)41-26-24-39(25-27-41)38-20-22-40(23-21-38)43-28-30-47-46-16-5-7-18-50(46)57(51(47)35-43)32-9-2-10-33-57;1-3-12-33(13-4-1)34-20-22-35(23-21-34)48-52-49(54-50(53-48)39-25-27-43-42-17-6-8-19-46(42)55-47(43)32-39)38-15-11-14-36(30-38)37-24-26-41-40-16-5-7-18-44(40)51(45(41)31-37)28-9-2-10-29-51/h1,3-8,11-31,34-36H,2,9-10,32-33H2;1,3-8,11-27,30-32H,2,9-10,28-29H2. The predicted molar refractivity (Wildman–Crippen MR) is 473 cm³/mol. The highest BCUT2D eigenvalue weighted by molar-refractivity contribution is 6.07. The molecule has 4 aliphatic carbocycles. The van der Waals surface area contributed by atoms with Gasteiger partial charge in [-0.15, -0.1) is 0 Å². The topological polar surface area (TPSA) is 104 Å². The minimum absolute atomic E-state index is 0.104. The molecule has 19 aromatic rings. The van der Waals surface area contributed by atoms with E-state index in [1.807, 2.05) is 54.6 Å². The first-order chi connectivity index (χ1) is 57.4. The predicted octanol–water partition coefficient (Wildman–Crippen LogP) is 28.3. The first-order valence-electron chi connectivity index (χ1n) is 40.9. The van der Waals surface area contributed by atoms with E-state index in [0.717, 1.165) is 105 Å². The third-order valence-corrected chi connectivity index (χ3v) is 25.1. The largest absolute Gasteiger partial charge is 0.456 e. The Morgan fingerprint density at radius 1 is 0.172 bits per heavy atom. The van der Waals surface area contributed by atoms with E-state index >= 15 is 0 Å². The second-order valence-corrected chi connectivity index (χ2v) is 31.8. The van der Waals surface area contributed by atoms with Crippen molar-refractivity contribution >= 4 is 43.9 Å². The molecule has 0 N–H and O–H groups in total. The van der Waals surface area contributed by atoms with Gasteiger partial charge in [-0.2, -0.15) is 0 Å². The summed E-state index contributed by atoms with van der Waals surface area (Å²) in [5, 5.41) is 4.33. The van der Waals surface area contributed by atoms with Crippen molar-refractivity contribution in [1.29, 1.82) is 0 Å². The molecule has 15 aromatic carbocycles. The van der Waals surface area contributed by atoms with E-state index in [9.17, 15) is 0 Å². The highest BCUT2D eigenvalue weighted by Gasteiger charge is 2.45. The molecule has 0 saturated heterocycles. The summed E-state index contributed by atoms with van der Waals surface area (Å²) >= 11 is 0.